The fourth-order valence-electron chi connectivity index (χ4n) is 4.11. The number of nitrogens with zero attached hydrogens (tertiary/aromatic N) is 4. The van der Waals surface area contributed by atoms with Gasteiger partial charge in [0.2, 0.25) is 5.91 Å². The highest BCUT2D eigenvalue weighted by Gasteiger charge is 2.47. The maximum atomic E-state index is 13.3. The minimum atomic E-state index is -0.314. The van der Waals surface area contributed by atoms with Crippen LogP contribution in [0.25, 0.3) is 0 Å². The molecule has 2 saturated heterocycles. The monoisotopic (exact) mass is 373 g/mol. The molecule has 4 rings (SSSR count). The second-order valence-corrected chi connectivity index (χ2v) is 7.99. The Hall–Kier alpha value is -1.92. The van der Waals surface area contributed by atoms with Gasteiger partial charge in [0.15, 0.2) is 0 Å². The summed E-state index contributed by atoms with van der Waals surface area (Å²) >= 11 is 5.98. The first-order valence-electron chi connectivity index (χ1n) is 9.16. The van der Waals surface area contributed by atoms with Crippen LogP contribution in [-0.2, 0) is 18.3 Å². The fourth-order valence-corrected chi connectivity index (χ4v) is 4.24. The van der Waals surface area contributed by atoms with E-state index in [2.05, 4.69) is 15.5 Å². The highest BCUT2D eigenvalue weighted by atomic mass is 35.5. The Morgan fingerprint density at radius 1 is 1.27 bits per heavy atom. The van der Waals surface area contributed by atoms with Gasteiger partial charge in [-0.15, -0.1) is 10.2 Å². The van der Waals surface area contributed by atoms with Gasteiger partial charge in [-0.1, -0.05) is 23.7 Å². The number of likely N-dealkylation sites (tertiary alicyclic amines) is 1. The van der Waals surface area contributed by atoms with E-state index in [4.69, 9.17) is 11.6 Å². The zero-order valence-electron chi connectivity index (χ0n) is 15.0. The SMILES string of the molecule is Cn1cnnc1C1CCN(C(=O)C2(Cc3ccc(Cl)cc3)CNC2)CC1. The molecule has 0 unspecified atom stereocenters. The largest absolute Gasteiger partial charge is 0.342 e. The van der Waals surface area contributed by atoms with E-state index in [1.807, 2.05) is 40.8 Å². The molecule has 0 aliphatic carbocycles. The van der Waals surface area contributed by atoms with Crippen LogP contribution in [-0.4, -0.2) is 51.8 Å². The van der Waals surface area contributed by atoms with Crippen LogP contribution in [0.4, 0.5) is 0 Å². The van der Waals surface area contributed by atoms with Gasteiger partial charge in [0.25, 0.3) is 0 Å². The first-order chi connectivity index (χ1) is 12.6. The molecule has 0 atom stereocenters. The van der Waals surface area contributed by atoms with E-state index in [-0.39, 0.29) is 11.3 Å². The van der Waals surface area contributed by atoms with Gasteiger partial charge in [0.05, 0.1) is 5.41 Å². The standard InChI is InChI=1S/C19H24ClN5O/c1-24-13-22-23-17(24)15-6-8-25(9-7-15)18(26)19(11-21-12-19)10-14-2-4-16(20)5-3-14/h2-5,13,15,21H,6-12H2,1H3. The van der Waals surface area contributed by atoms with Gasteiger partial charge in [0.1, 0.15) is 12.2 Å². The van der Waals surface area contributed by atoms with Crippen LogP contribution in [0.15, 0.2) is 30.6 Å². The van der Waals surface area contributed by atoms with Gasteiger partial charge in [-0.3, -0.25) is 4.79 Å². The van der Waals surface area contributed by atoms with Crippen molar-refractivity contribution in [3.05, 3.63) is 47.0 Å². The minimum Gasteiger partial charge on any atom is -0.342 e. The van der Waals surface area contributed by atoms with Gasteiger partial charge in [0, 0.05) is 44.2 Å². The van der Waals surface area contributed by atoms with Gasteiger partial charge < -0.3 is 14.8 Å². The summed E-state index contributed by atoms with van der Waals surface area (Å²) in [4.78, 5) is 15.3. The second kappa shape index (κ2) is 7.00. The number of piperidine rings is 1. The fraction of sp³-hybridized carbons (Fsp3) is 0.526. The van der Waals surface area contributed by atoms with Crippen molar-refractivity contribution >= 4 is 17.5 Å². The maximum Gasteiger partial charge on any atom is 0.231 e. The number of aryl methyl sites for hydroxylation is 1. The van der Waals surface area contributed by atoms with Crippen molar-refractivity contribution in [2.24, 2.45) is 12.5 Å². The highest BCUT2D eigenvalue weighted by molar-refractivity contribution is 6.30. The molecule has 0 radical (unpaired) electrons. The van der Waals surface area contributed by atoms with E-state index in [1.54, 1.807) is 6.33 Å². The number of benzene rings is 1. The van der Waals surface area contributed by atoms with E-state index in [0.717, 1.165) is 56.3 Å². The summed E-state index contributed by atoms with van der Waals surface area (Å²) in [5.41, 5.74) is 0.851. The summed E-state index contributed by atoms with van der Waals surface area (Å²) in [6.07, 6.45) is 4.40. The zero-order valence-corrected chi connectivity index (χ0v) is 15.7. The molecule has 2 aromatic rings. The molecule has 0 spiro atoms. The number of carbonyl (C=O) groups is 1. The molecule has 2 aliphatic heterocycles. The normalized spacial score (nSPS) is 20.0. The second-order valence-electron chi connectivity index (χ2n) is 7.55. The quantitative estimate of drug-likeness (QED) is 0.890. The molecule has 1 aromatic heterocycles. The Morgan fingerprint density at radius 2 is 1.96 bits per heavy atom. The van der Waals surface area contributed by atoms with Crippen LogP contribution < -0.4 is 5.32 Å². The van der Waals surface area contributed by atoms with Crippen molar-refractivity contribution < 1.29 is 4.79 Å². The van der Waals surface area contributed by atoms with Gasteiger partial charge in [-0.2, -0.15) is 0 Å². The Balaban J connectivity index is 1.42. The van der Waals surface area contributed by atoms with Crippen LogP contribution in [0, 0.1) is 5.41 Å². The smallest absolute Gasteiger partial charge is 0.231 e. The number of nitrogens with one attached hydrogen (secondary N) is 1. The molecule has 2 fully saturated rings. The summed E-state index contributed by atoms with van der Waals surface area (Å²) in [6.45, 7) is 3.08. The first kappa shape index (κ1) is 17.5. The number of rotatable bonds is 4. The molecule has 0 bridgehead atoms. The first-order valence-corrected chi connectivity index (χ1v) is 9.54. The summed E-state index contributed by atoms with van der Waals surface area (Å²) in [5.74, 6) is 1.69. The van der Waals surface area contributed by atoms with Crippen molar-refractivity contribution in [3.8, 4) is 0 Å². The lowest BCUT2D eigenvalue weighted by molar-refractivity contribution is -0.146. The number of aromatic nitrogens is 3. The third-order valence-corrected chi connectivity index (χ3v) is 5.98. The minimum absolute atomic E-state index is 0.280. The summed E-state index contributed by atoms with van der Waals surface area (Å²) in [5, 5.41) is 12.2. The third kappa shape index (κ3) is 3.23. The van der Waals surface area contributed by atoms with Crippen LogP contribution >= 0.6 is 11.6 Å². The number of amides is 1. The molecular formula is C19H24ClN5O. The Bertz CT molecular complexity index is 775. The molecule has 138 valence electrons. The van der Waals surface area contributed by atoms with Gasteiger partial charge in [-0.25, -0.2) is 0 Å². The van der Waals surface area contributed by atoms with Crippen LogP contribution in [0.2, 0.25) is 5.02 Å². The summed E-state index contributed by atoms with van der Waals surface area (Å²) in [7, 11) is 1.98. The van der Waals surface area contributed by atoms with Crippen molar-refractivity contribution in [2.75, 3.05) is 26.2 Å². The lowest BCUT2D eigenvalue weighted by atomic mass is 9.74. The predicted molar refractivity (Wildman–Crippen MR) is 100 cm³/mol. The molecule has 26 heavy (non-hydrogen) atoms. The van der Waals surface area contributed by atoms with E-state index in [1.165, 1.54) is 5.56 Å². The average molecular weight is 374 g/mol. The predicted octanol–water partition coefficient (Wildman–Crippen LogP) is 2.01. The molecule has 7 heteroatoms. The van der Waals surface area contributed by atoms with E-state index in [9.17, 15) is 4.79 Å². The number of hydrogen-bond donors (Lipinski definition) is 1. The topological polar surface area (TPSA) is 63.1 Å². The molecular weight excluding hydrogens is 350 g/mol. The molecule has 2 aliphatic rings. The van der Waals surface area contributed by atoms with Crippen molar-refractivity contribution in [2.45, 2.75) is 25.2 Å². The van der Waals surface area contributed by atoms with Gasteiger partial charge >= 0.3 is 0 Å². The molecule has 1 amide bonds. The molecule has 1 aromatic carbocycles. The van der Waals surface area contributed by atoms with Crippen molar-refractivity contribution in [1.82, 2.24) is 25.0 Å². The van der Waals surface area contributed by atoms with Crippen molar-refractivity contribution in [1.29, 1.82) is 0 Å². The average Bonchev–Trinajstić information content (AvgIpc) is 3.05. The van der Waals surface area contributed by atoms with Crippen LogP contribution in [0.5, 0.6) is 0 Å². The summed E-state index contributed by atoms with van der Waals surface area (Å²) in [6, 6.07) is 7.84. The van der Waals surface area contributed by atoms with E-state index < -0.39 is 0 Å². The molecule has 3 heterocycles. The third-order valence-electron chi connectivity index (χ3n) is 5.73. The zero-order chi connectivity index (χ0) is 18.1. The Morgan fingerprint density at radius 3 is 2.50 bits per heavy atom. The summed E-state index contributed by atoms with van der Waals surface area (Å²) < 4.78 is 1.99. The van der Waals surface area contributed by atoms with E-state index in [0.29, 0.717) is 5.92 Å². The number of hydrogen-bond acceptors (Lipinski definition) is 4. The molecule has 6 nitrogen and oxygen atoms in total. The number of carbonyl (C=O) groups excluding carboxylic acids is 1. The Labute approximate surface area is 158 Å². The van der Waals surface area contributed by atoms with Crippen molar-refractivity contribution in [3.63, 3.8) is 0 Å². The Kier molecular flexibility index (Phi) is 4.71. The van der Waals surface area contributed by atoms with E-state index >= 15 is 0 Å². The van der Waals surface area contributed by atoms with Gasteiger partial charge in [-0.05, 0) is 37.0 Å². The van der Waals surface area contributed by atoms with Crippen LogP contribution in [0.3, 0.4) is 0 Å². The number of halogens is 1. The molecule has 1 N–H and O–H groups in total. The lowest BCUT2D eigenvalue weighted by Crippen LogP contribution is -2.63. The highest BCUT2D eigenvalue weighted by Crippen LogP contribution is 2.34. The maximum absolute atomic E-state index is 13.3. The molecule has 0 saturated carbocycles. The lowest BCUT2D eigenvalue weighted by Gasteiger charge is -2.45. The van der Waals surface area contributed by atoms with Crippen LogP contribution in [0.1, 0.15) is 30.1 Å².